The summed E-state index contributed by atoms with van der Waals surface area (Å²) in [4.78, 5) is 16.2. The van der Waals surface area contributed by atoms with Gasteiger partial charge in [-0.3, -0.25) is 4.79 Å². The molecule has 1 fully saturated rings. The van der Waals surface area contributed by atoms with Crippen LogP contribution in [0.3, 0.4) is 0 Å². The maximum absolute atomic E-state index is 12.0. The van der Waals surface area contributed by atoms with Gasteiger partial charge >= 0.3 is 0 Å². The van der Waals surface area contributed by atoms with Gasteiger partial charge in [0.25, 0.3) is 0 Å². The molecule has 1 amide bonds. The van der Waals surface area contributed by atoms with Gasteiger partial charge < -0.3 is 10.3 Å². The summed E-state index contributed by atoms with van der Waals surface area (Å²) in [6.45, 7) is 1.97. The Kier molecular flexibility index (Phi) is 5.47. The van der Waals surface area contributed by atoms with Gasteiger partial charge in [0.15, 0.2) is 3.95 Å². The maximum Gasteiger partial charge on any atom is 0.225 e. The van der Waals surface area contributed by atoms with Crippen LogP contribution in [0.5, 0.6) is 0 Å². The number of aryl methyl sites for hydroxylation is 1. The first-order valence-corrected chi connectivity index (χ1v) is 9.10. The zero-order valence-electron chi connectivity index (χ0n) is 11.3. The van der Waals surface area contributed by atoms with Gasteiger partial charge in [0.1, 0.15) is 0 Å². The van der Waals surface area contributed by atoms with E-state index in [0.29, 0.717) is 12.5 Å². The Labute approximate surface area is 127 Å². The average Bonchev–Trinajstić information content (AvgIpc) is 2.68. The van der Waals surface area contributed by atoms with Crippen LogP contribution in [0.4, 0.5) is 0 Å². The predicted octanol–water partition coefficient (Wildman–Crippen LogP) is 3.45. The van der Waals surface area contributed by atoms with E-state index in [4.69, 9.17) is 12.2 Å². The summed E-state index contributed by atoms with van der Waals surface area (Å²) in [5.41, 5.74) is 1.02. The lowest BCUT2D eigenvalue weighted by Gasteiger charge is -2.28. The van der Waals surface area contributed by atoms with Crippen molar-refractivity contribution in [2.45, 2.75) is 50.3 Å². The molecule has 0 bridgehead atoms. The van der Waals surface area contributed by atoms with Gasteiger partial charge in [-0.05, 0) is 51.1 Å². The van der Waals surface area contributed by atoms with Gasteiger partial charge in [0.2, 0.25) is 5.91 Å². The van der Waals surface area contributed by atoms with E-state index in [2.05, 4.69) is 16.6 Å². The van der Waals surface area contributed by atoms with Gasteiger partial charge in [-0.15, -0.1) is 11.3 Å². The Morgan fingerprint density at radius 1 is 1.47 bits per heavy atom. The topological polar surface area (TPSA) is 44.9 Å². The van der Waals surface area contributed by atoms with Crippen molar-refractivity contribution >= 4 is 41.2 Å². The second kappa shape index (κ2) is 6.90. The number of amides is 1. The van der Waals surface area contributed by atoms with Crippen LogP contribution in [0.25, 0.3) is 0 Å². The number of carbonyl (C=O) groups is 1. The third-order valence-corrected chi connectivity index (χ3v) is 6.09. The van der Waals surface area contributed by atoms with E-state index in [1.54, 1.807) is 0 Å². The minimum Gasteiger partial charge on any atom is -0.353 e. The molecule has 0 aliphatic heterocycles. The molecular formula is C13H20N2OS3. The fraction of sp³-hybridized carbons (Fsp3) is 0.692. The minimum absolute atomic E-state index is 0.126. The van der Waals surface area contributed by atoms with Gasteiger partial charge in [-0.2, -0.15) is 11.8 Å². The summed E-state index contributed by atoms with van der Waals surface area (Å²) in [5, 5.41) is 3.94. The maximum atomic E-state index is 12.0. The predicted molar refractivity (Wildman–Crippen MR) is 85.6 cm³/mol. The molecule has 19 heavy (non-hydrogen) atoms. The van der Waals surface area contributed by atoms with Crippen LogP contribution in [0, 0.1) is 10.9 Å². The van der Waals surface area contributed by atoms with Crippen molar-refractivity contribution in [1.29, 1.82) is 0 Å². The van der Waals surface area contributed by atoms with Crippen molar-refractivity contribution in [1.82, 2.24) is 10.3 Å². The third-order valence-electron chi connectivity index (χ3n) is 3.62. The fourth-order valence-corrected chi connectivity index (χ4v) is 4.51. The average molecular weight is 317 g/mol. The van der Waals surface area contributed by atoms with Gasteiger partial charge in [-0.25, -0.2) is 0 Å². The number of H-pyrrole nitrogens is 1. The SMILES string of the molecule is CSC1CCC(NC(=O)Cc2sc(=S)[nH]c2C)CC1. The molecular weight excluding hydrogens is 296 g/mol. The highest BCUT2D eigenvalue weighted by Gasteiger charge is 2.22. The smallest absolute Gasteiger partial charge is 0.225 e. The van der Waals surface area contributed by atoms with Crippen LogP contribution in [0.15, 0.2) is 0 Å². The second-order valence-corrected chi connectivity index (χ2v) is 7.93. The van der Waals surface area contributed by atoms with Crippen LogP contribution < -0.4 is 5.32 Å². The molecule has 2 rings (SSSR count). The lowest BCUT2D eigenvalue weighted by Crippen LogP contribution is -2.38. The zero-order chi connectivity index (χ0) is 13.8. The second-order valence-electron chi connectivity index (χ2n) is 5.02. The molecule has 0 aromatic carbocycles. The van der Waals surface area contributed by atoms with Crippen LogP contribution in [0.2, 0.25) is 0 Å². The first-order valence-electron chi connectivity index (χ1n) is 6.59. The largest absolute Gasteiger partial charge is 0.353 e. The fourth-order valence-electron chi connectivity index (χ4n) is 2.47. The number of carbonyl (C=O) groups excluding carboxylic acids is 1. The highest BCUT2D eigenvalue weighted by Crippen LogP contribution is 2.27. The molecule has 2 N–H and O–H groups in total. The van der Waals surface area contributed by atoms with Crippen LogP contribution >= 0.6 is 35.3 Å². The van der Waals surface area contributed by atoms with Crippen LogP contribution in [0.1, 0.15) is 36.3 Å². The highest BCUT2D eigenvalue weighted by atomic mass is 32.2. The summed E-state index contributed by atoms with van der Waals surface area (Å²) < 4.78 is 0.751. The molecule has 0 spiro atoms. The molecule has 106 valence electrons. The van der Waals surface area contributed by atoms with E-state index >= 15 is 0 Å². The Hall–Kier alpha value is -0.330. The van der Waals surface area contributed by atoms with E-state index in [9.17, 15) is 4.79 Å². The van der Waals surface area contributed by atoms with Gasteiger partial charge in [0.05, 0.1) is 6.42 Å². The molecule has 1 aromatic heterocycles. The lowest BCUT2D eigenvalue weighted by molar-refractivity contribution is -0.121. The molecule has 3 nitrogen and oxygen atoms in total. The molecule has 6 heteroatoms. The number of aromatic amines is 1. The van der Waals surface area contributed by atoms with Crippen molar-refractivity contribution in [3.63, 3.8) is 0 Å². The molecule has 1 heterocycles. The van der Waals surface area contributed by atoms with Crippen molar-refractivity contribution < 1.29 is 4.79 Å². The Morgan fingerprint density at radius 2 is 2.16 bits per heavy atom. The third kappa shape index (κ3) is 4.33. The summed E-state index contributed by atoms with van der Waals surface area (Å²) >= 11 is 8.54. The van der Waals surface area contributed by atoms with Crippen LogP contribution in [-0.4, -0.2) is 28.4 Å². The Balaban J connectivity index is 1.82. The number of aromatic nitrogens is 1. The number of rotatable bonds is 4. The van der Waals surface area contributed by atoms with E-state index in [1.165, 1.54) is 24.2 Å². The Bertz CT molecular complexity index is 486. The zero-order valence-corrected chi connectivity index (χ0v) is 13.8. The van der Waals surface area contributed by atoms with E-state index < -0.39 is 0 Å². The quantitative estimate of drug-likeness (QED) is 0.836. The standard InChI is InChI=1S/C13H20N2OS3/c1-8-11(19-13(17)14-8)7-12(16)15-9-3-5-10(18-2)6-4-9/h9-10H,3-7H2,1-2H3,(H,14,17)(H,15,16). The van der Waals surface area contributed by atoms with Crippen LogP contribution in [-0.2, 0) is 11.2 Å². The van der Waals surface area contributed by atoms with Gasteiger partial charge in [0, 0.05) is 21.9 Å². The van der Waals surface area contributed by atoms with E-state index in [-0.39, 0.29) is 5.91 Å². The lowest BCUT2D eigenvalue weighted by atomic mass is 9.95. The molecule has 1 saturated carbocycles. The summed E-state index contributed by atoms with van der Waals surface area (Å²) in [7, 11) is 0. The number of hydrogen-bond acceptors (Lipinski definition) is 4. The monoisotopic (exact) mass is 316 g/mol. The van der Waals surface area contributed by atoms with Gasteiger partial charge in [-0.1, -0.05) is 0 Å². The number of thioether (sulfide) groups is 1. The van der Waals surface area contributed by atoms with Crippen molar-refractivity contribution in [2.75, 3.05) is 6.26 Å². The molecule has 0 atom stereocenters. The first-order chi connectivity index (χ1) is 9.08. The normalized spacial score (nSPS) is 23.3. The molecule has 1 aliphatic rings. The number of hydrogen-bond donors (Lipinski definition) is 2. The summed E-state index contributed by atoms with van der Waals surface area (Å²) in [6, 6.07) is 0.364. The Morgan fingerprint density at radius 3 is 2.68 bits per heavy atom. The molecule has 1 aromatic rings. The highest BCUT2D eigenvalue weighted by molar-refractivity contribution is 7.99. The number of thiazole rings is 1. The molecule has 0 unspecified atom stereocenters. The van der Waals surface area contributed by atoms with E-state index in [1.807, 2.05) is 18.7 Å². The van der Waals surface area contributed by atoms with Crippen molar-refractivity contribution in [3.8, 4) is 0 Å². The van der Waals surface area contributed by atoms with Crippen molar-refractivity contribution in [2.24, 2.45) is 0 Å². The summed E-state index contributed by atoms with van der Waals surface area (Å²) in [6.07, 6.45) is 7.28. The van der Waals surface area contributed by atoms with E-state index in [0.717, 1.165) is 32.6 Å². The first kappa shape index (κ1) is 15.1. The number of nitrogens with one attached hydrogen (secondary N) is 2. The van der Waals surface area contributed by atoms with Crippen molar-refractivity contribution in [3.05, 3.63) is 14.5 Å². The summed E-state index contributed by atoms with van der Waals surface area (Å²) in [5.74, 6) is 0.126. The molecule has 0 radical (unpaired) electrons. The molecule has 0 saturated heterocycles. The molecule has 1 aliphatic carbocycles. The minimum atomic E-state index is 0.126.